The molecule has 3 nitrogen and oxygen atoms in total. The Bertz CT molecular complexity index is 647. The highest BCUT2D eigenvalue weighted by molar-refractivity contribution is 9.10. The van der Waals surface area contributed by atoms with E-state index in [1.165, 1.54) is 0 Å². The van der Waals surface area contributed by atoms with E-state index in [2.05, 4.69) is 21.2 Å². The number of halogens is 3. The van der Waals surface area contributed by atoms with Crippen LogP contribution in [0.3, 0.4) is 0 Å². The third kappa shape index (κ3) is 5.94. The zero-order chi connectivity index (χ0) is 17.4. The van der Waals surface area contributed by atoms with Crippen LogP contribution in [-0.4, -0.2) is 20.3 Å². The zero-order valence-electron chi connectivity index (χ0n) is 13.5. The maximum absolute atomic E-state index is 6.20. The highest BCUT2D eigenvalue weighted by Crippen LogP contribution is 2.28. The molecule has 0 aliphatic heterocycles. The van der Waals surface area contributed by atoms with Crippen molar-refractivity contribution in [3.8, 4) is 5.75 Å². The first-order chi connectivity index (χ1) is 11.6. The fourth-order valence-electron chi connectivity index (χ4n) is 2.21. The Morgan fingerprint density at radius 1 is 1.12 bits per heavy atom. The third-order valence-corrected chi connectivity index (χ3v) is 4.68. The first-order valence-electron chi connectivity index (χ1n) is 7.65. The van der Waals surface area contributed by atoms with Crippen molar-refractivity contribution >= 4 is 39.1 Å². The standard InChI is InChI=1S/C18H20BrCl2NO2/c1-23-9-3-8-22-11-13-10-14(19)6-7-18(13)24-12-15-16(20)4-2-5-17(15)21/h2,4-7,10,22H,3,8-9,11-12H2,1H3. The predicted molar refractivity (Wildman–Crippen MR) is 103 cm³/mol. The van der Waals surface area contributed by atoms with Gasteiger partial charge in [0, 0.05) is 45.9 Å². The summed E-state index contributed by atoms with van der Waals surface area (Å²) in [6.45, 7) is 2.68. The maximum atomic E-state index is 6.20. The number of methoxy groups -OCH3 is 1. The summed E-state index contributed by atoms with van der Waals surface area (Å²) in [4.78, 5) is 0. The normalized spacial score (nSPS) is 10.8. The lowest BCUT2D eigenvalue weighted by atomic mass is 10.2. The van der Waals surface area contributed by atoms with Crippen LogP contribution in [0, 0.1) is 0 Å². The van der Waals surface area contributed by atoms with Gasteiger partial charge in [-0.3, -0.25) is 0 Å². The largest absolute Gasteiger partial charge is 0.488 e. The fourth-order valence-corrected chi connectivity index (χ4v) is 3.13. The zero-order valence-corrected chi connectivity index (χ0v) is 16.5. The molecule has 0 amide bonds. The molecule has 0 heterocycles. The topological polar surface area (TPSA) is 30.5 Å². The van der Waals surface area contributed by atoms with E-state index in [0.29, 0.717) is 16.7 Å². The predicted octanol–water partition coefficient (Wildman–Crippen LogP) is 5.46. The summed E-state index contributed by atoms with van der Waals surface area (Å²) in [5.74, 6) is 0.813. The van der Waals surface area contributed by atoms with E-state index in [1.54, 1.807) is 7.11 Å². The average molecular weight is 433 g/mol. The average Bonchev–Trinajstić information content (AvgIpc) is 2.56. The Morgan fingerprint density at radius 3 is 2.58 bits per heavy atom. The number of nitrogens with one attached hydrogen (secondary N) is 1. The molecule has 2 rings (SSSR count). The number of rotatable bonds is 9. The van der Waals surface area contributed by atoms with Crippen molar-refractivity contribution in [1.29, 1.82) is 0 Å². The molecule has 0 aromatic heterocycles. The molecule has 6 heteroatoms. The van der Waals surface area contributed by atoms with Crippen LogP contribution in [0.15, 0.2) is 40.9 Å². The molecular weight excluding hydrogens is 413 g/mol. The first kappa shape index (κ1) is 19.5. The monoisotopic (exact) mass is 431 g/mol. The van der Waals surface area contributed by atoms with Gasteiger partial charge in [-0.15, -0.1) is 0 Å². The minimum absolute atomic E-state index is 0.330. The van der Waals surface area contributed by atoms with Crippen molar-refractivity contribution < 1.29 is 9.47 Å². The van der Waals surface area contributed by atoms with E-state index in [4.69, 9.17) is 32.7 Å². The molecule has 2 aromatic rings. The molecule has 0 radical (unpaired) electrons. The van der Waals surface area contributed by atoms with Gasteiger partial charge in [0.05, 0.1) is 0 Å². The molecular formula is C18H20BrCl2NO2. The second-order valence-corrected chi connectivity index (χ2v) is 6.99. The summed E-state index contributed by atoms with van der Waals surface area (Å²) >= 11 is 15.9. The van der Waals surface area contributed by atoms with Gasteiger partial charge in [-0.25, -0.2) is 0 Å². The number of ether oxygens (including phenoxy) is 2. The molecule has 0 atom stereocenters. The van der Waals surface area contributed by atoms with Crippen molar-refractivity contribution in [3.63, 3.8) is 0 Å². The molecule has 1 N–H and O–H groups in total. The lowest BCUT2D eigenvalue weighted by Gasteiger charge is -2.14. The van der Waals surface area contributed by atoms with Crippen molar-refractivity contribution in [2.24, 2.45) is 0 Å². The molecule has 0 unspecified atom stereocenters. The van der Waals surface area contributed by atoms with Crippen LogP contribution in [0.25, 0.3) is 0 Å². The second kappa shape index (κ2) is 10.3. The molecule has 130 valence electrons. The van der Waals surface area contributed by atoms with E-state index in [9.17, 15) is 0 Å². The second-order valence-electron chi connectivity index (χ2n) is 5.26. The highest BCUT2D eigenvalue weighted by Gasteiger charge is 2.09. The molecule has 0 bridgehead atoms. The summed E-state index contributed by atoms with van der Waals surface area (Å²) in [6.07, 6.45) is 0.968. The van der Waals surface area contributed by atoms with Crippen LogP contribution >= 0.6 is 39.1 Å². The van der Waals surface area contributed by atoms with Crippen LogP contribution in [0.5, 0.6) is 5.75 Å². The SMILES string of the molecule is COCCCNCc1cc(Br)ccc1OCc1c(Cl)cccc1Cl. The number of benzene rings is 2. The van der Waals surface area contributed by atoms with Crippen LogP contribution in [0.1, 0.15) is 17.5 Å². The molecule has 0 saturated heterocycles. The van der Waals surface area contributed by atoms with Gasteiger partial charge < -0.3 is 14.8 Å². The van der Waals surface area contributed by atoms with E-state index in [-0.39, 0.29) is 0 Å². The van der Waals surface area contributed by atoms with Gasteiger partial charge in [-0.05, 0) is 43.3 Å². The summed E-state index contributed by atoms with van der Waals surface area (Å²) in [6, 6.07) is 11.4. The summed E-state index contributed by atoms with van der Waals surface area (Å²) in [7, 11) is 1.71. The minimum atomic E-state index is 0.330. The van der Waals surface area contributed by atoms with Crippen molar-refractivity contribution in [1.82, 2.24) is 5.32 Å². The van der Waals surface area contributed by atoms with Crippen molar-refractivity contribution in [2.75, 3.05) is 20.3 Å². The molecule has 0 saturated carbocycles. The summed E-state index contributed by atoms with van der Waals surface area (Å²) < 4.78 is 12.0. The van der Waals surface area contributed by atoms with Gasteiger partial charge in [-0.2, -0.15) is 0 Å². The molecule has 0 aliphatic carbocycles. The smallest absolute Gasteiger partial charge is 0.124 e. The fraction of sp³-hybridized carbons (Fsp3) is 0.333. The Labute approximate surface area is 161 Å². The van der Waals surface area contributed by atoms with Crippen LogP contribution < -0.4 is 10.1 Å². The van der Waals surface area contributed by atoms with Crippen LogP contribution in [0.4, 0.5) is 0 Å². The van der Waals surface area contributed by atoms with E-state index < -0.39 is 0 Å². The van der Waals surface area contributed by atoms with Gasteiger partial charge in [0.15, 0.2) is 0 Å². The maximum Gasteiger partial charge on any atom is 0.124 e. The van der Waals surface area contributed by atoms with Crippen molar-refractivity contribution in [3.05, 3.63) is 62.0 Å². The Balaban J connectivity index is 2.01. The highest BCUT2D eigenvalue weighted by atomic mass is 79.9. The summed E-state index contributed by atoms with van der Waals surface area (Å²) in [5.41, 5.74) is 1.87. The summed E-state index contributed by atoms with van der Waals surface area (Å²) in [5, 5.41) is 4.61. The van der Waals surface area contributed by atoms with E-state index in [1.807, 2.05) is 36.4 Å². The van der Waals surface area contributed by atoms with Crippen LogP contribution in [0.2, 0.25) is 10.0 Å². The molecule has 2 aromatic carbocycles. The van der Waals surface area contributed by atoms with Crippen LogP contribution in [-0.2, 0) is 17.9 Å². The molecule has 0 aliphatic rings. The van der Waals surface area contributed by atoms with E-state index >= 15 is 0 Å². The minimum Gasteiger partial charge on any atom is -0.488 e. The molecule has 0 spiro atoms. The van der Waals surface area contributed by atoms with Gasteiger partial charge >= 0.3 is 0 Å². The third-order valence-electron chi connectivity index (χ3n) is 3.47. The quantitative estimate of drug-likeness (QED) is 0.533. The number of hydrogen-bond acceptors (Lipinski definition) is 3. The number of hydrogen-bond donors (Lipinski definition) is 1. The van der Waals surface area contributed by atoms with Gasteiger partial charge in [0.2, 0.25) is 0 Å². The van der Waals surface area contributed by atoms with Gasteiger partial charge in [0.25, 0.3) is 0 Å². The van der Waals surface area contributed by atoms with Gasteiger partial charge in [0.1, 0.15) is 12.4 Å². The van der Waals surface area contributed by atoms with Crippen molar-refractivity contribution in [2.45, 2.75) is 19.6 Å². The van der Waals surface area contributed by atoms with E-state index in [0.717, 1.165) is 47.5 Å². The lowest BCUT2D eigenvalue weighted by molar-refractivity contribution is 0.194. The molecule has 24 heavy (non-hydrogen) atoms. The Hall–Kier alpha value is -0.780. The lowest BCUT2D eigenvalue weighted by Crippen LogP contribution is -2.16. The Morgan fingerprint density at radius 2 is 1.88 bits per heavy atom. The van der Waals surface area contributed by atoms with Gasteiger partial charge in [-0.1, -0.05) is 45.2 Å². The molecule has 0 fully saturated rings. The first-order valence-corrected chi connectivity index (χ1v) is 9.20. The Kier molecular flexibility index (Phi) is 8.36.